The monoisotopic (exact) mass is 417 g/mol. The molecule has 1 aliphatic rings. The average molecular weight is 418 g/mol. The molecular weight excluding hydrogens is 386 g/mol. The Morgan fingerprint density at radius 2 is 1.90 bits per heavy atom. The van der Waals surface area contributed by atoms with Gasteiger partial charge in [-0.2, -0.15) is 0 Å². The van der Waals surface area contributed by atoms with Crippen LogP contribution < -0.4 is 25.0 Å². The zero-order valence-corrected chi connectivity index (χ0v) is 18.5. The zero-order valence-electron chi connectivity index (χ0n) is 17.7. The molecule has 29 heavy (non-hydrogen) atoms. The molecule has 0 atom stereocenters. The van der Waals surface area contributed by atoms with E-state index in [4.69, 9.17) is 9.47 Å². The second kappa shape index (κ2) is 10.3. The second-order valence-electron chi connectivity index (χ2n) is 7.09. The van der Waals surface area contributed by atoms with Crippen LogP contribution in [0.25, 0.3) is 0 Å². The summed E-state index contributed by atoms with van der Waals surface area (Å²) in [5.41, 5.74) is 1.14. The van der Waals surface area contributed by atoms with Crippen LogP contribution in [0.15, 0.2) is 29.4 Å². The summed E-state index contributed by atoms with van der Waals surface area (Å²) in [6, 6.07) is 6.45. The van der Waals surface area contributed by atoms with Crippen LogP contribution in [-0.4, -0.2) is 57.9 Å². The number of methoxy groups -OCH3 is 2. The SMILES string of the molecule is CN=C(NCCc1ncc(C)s1)NC1CCN(c2cc(OC)cc(OC)c2)CC1. The Morgan fingerprint density at radius 1 is 1.21 bits per heavy atom. The molecule has 0 aliphatic carbocycles. The molecule has 8 heteroatoms. The predicted molar refractivity (Wildman–Crippen MR) is 120 cm³/mol. The van der Waals surface area contributed by atoms with E-state index in [1.807, 2.05) is 19.3 Å². The van der Waals surface area contributed by atoms with Gasteiger partial charge >= 0.3 is 0 Å². The summed E-state index contributed by atoms with van der Waals surface area (Å²) in [4.78, 5) is 12.4. The van der Waals surface area contributed by atoms with Crippen molar-refractivity contribution in [1.82, 2.24) is 15.6 Å². The number of nitrogens with zero attached hydrogens (tertiary/aromatic N) is 3. The molecule has 2 heterocycles. The van der Waals surface area contributed by atoms with Crippen LogP contribution in [0.3, 0.4) is 0 Å². The van der Waals surface area contributed by atoms with Gasteiger partial charge in [0.1, 0.15) is 11.5 Å². The normalized spacial score (nSPS) is 15.3. The Bertz CT molecular complexity index is 793. The van der Waals surface area contributed by atoms with Crippen molar-refractivity contribution in [3.8, 4) is 11.5 Å². The summed E-state index contributed by atoms with van der Waals surface area (Å²) >= 11 is 1.75. The number of rotatable bonds is 7. The summed E-state index contributed by atoms with van der Waals surface area (Å²) in [5, 5.41) is 8.13. The van der Waals surface area contributed by atoms with E-state index in [1.165, 1.54) is 4.88 Å². The van der Waals surface area contributed by atoms with Gasteiger partial charge in [0.05, 0.1) is 19.2 Å². The molecule has 3 rings (SSSR count). The van der Waals surface area contributed by atoms with Crippen LogP contribution in [0, 0.1) is 6.92 Å². The third-order valence-electron chi connectivity index (χ3n) is 5.06. The van der Waals surface area contributed by atoms with Gasteiger partial charge in [-0.25, -0.2) is 4.98 Å². The number of benzene rings is 1. The van der Waals surface area contributed by atoms with Crippen molar-refractivity contribution < 1.29 is 9.47 Å². The maximum atomic E-state index is 5.40. The number of aryl methyl sites for hydroxylation is 1. The van der Waals surface area contributed by atoms with Crippen molar-refractivity contribution in [2.24, 2.45) is 4.99 Å². The molecule has 158 valence electrons. The molecule has 1 aromatic heterocycles. The van der Waals surface area contributed by atoms with Gasteiger partial charge in [-0.1, -0.05) is 0 Å². The highest BCUT2D eigenvalue weighted by molar-refractivity contribution is 7.11. The van der Waals surface area contributed by atoms with E-state index in [9.17, 15) is 0 Å². The number of anilines is 1. The van der Waals surface area contributed by atoms with Crippen molar-refractivity contribution in [2.45, 2.75) is 32.2 Å². The molecule has 0 amide bonds. The molecule has 0 spiro atoms. The number of thiazole rings is 1. The summed E-state index contributed by atoms with van der Waals surface area (Å²) in [6.45, 7) is 4.87. The predicted octanol–water partition coefficient (Wildman–Crippen LogP) is 2.85. The minimum atomic E-state index is 0.409. The van der Waals surface area contributed by atoms with Gasteiger partial charge in [-0.15, -0.1) is 11.3 Å². The van der Waals surface area contributed by atoms with Gasteiger partial charge < -0.3 is 25.0 Å². The van der Waals surface area contributed by atoms with E-state index >= 15 is 0 Å². The molecule has 0 saturated carbocycles. The van der Waals surface area contributed by atoms with E-state index in [2.05, 4.69) is 44.6 Å². The van der Waals surface area contributed by atoms with Gasteiger partial charge in [-0.05, 0) is 19.8 Å². The van der Waals surface area contributed by atoms with E-state index in [1.54, 1.807) is 25.6 Å². The number of ether oxygens (including phenoxy) is 2. The highest BCUT2D eigenvalue weighted by Gasteiger charge is 2.21. The lowest BCUT2D eigenvalue weighted by Crippen LogP contribution is -2.49. The number of guanidine groups is 1. The Labute approximate surface area is 177 Å². The summed E-state index contributed by atoms with van der Waals surface area (Å²) in [5.74, 6) is 2.50. The lowest BCUT2D eigenvalue weighted by molar-refractivity contribution is 0.393. The maximum Gasteiger partial charge on any atom is 0.191 e. The van der Waals surface area contributed by atoms with Crippen LogP contribution >= 0.6 is 11.3 Å². The smallest absolute Gasteiger partial charge is 0.191 e. The third kappa shape index (κ3) is 6.00. The second-order valence-corrected chi connectivity index (χ2v) is 8.41. The molecule has 2 aromatic rings. The average Bonchev–Trinajstić information content (AvgIpc) is 3.18. The molecule has 1 aliphatic heterocycles. The highest BCUT2D eigenvalue weighted by Crippen LogP contribution is 2.30. The fourth-order valence-corrected chi connectivity index (χ4v) is 4.24. The van der Waals surface area contributed by atoms with Gasteiger partial charge in [-0.3, -0.25) is 4.99 Å². The Hall–Kier alpha value is -2.48. The fraction of sp³-hybridized carbons (Fsp3) is 0.524. The molecule has 1 fully saturated rings. The number of nitrogens with one attached hydrogen (secondary N) is 2. The van der Waals surface area contributed by atoms with Crippen LogP contribution in [0.4, 0.5) is 5.69 Å². The first-order valence-electron chi connectivity index (χ1n) is 9.97. The van der Waals surface area contributed by atoms with Crippen LogP contribution in [0.5, 0.6) is 11.5 Å². The number of aromatic nitrogens is 1. The van der Waals surface area contributed by atoms with Crippen LogP contribution in [-0.2, 0) is 6.42 Å². The Balaban J connectivity index is 1.47. The largest absolute Gasteiger partial charge is 0.497 e. The van der Waals surface area contributed by atoms with Gasteiger partial charge in [0.2, 0.25) is 0 Å². The standard InChI is InChI=1S/C21H31N5O2S/c1-15-14-24-20(29-15)5-8-23-21(22-2)25-16-6-9-26(10-7-16)17-11-18(27-3)13-19(12-17)28-4/h11-14,16H,5-10H2,1-4H3,(H2,22,23,25). The first-order valence-corrected chi connectivity index (χ1v) is 10.8. The number of hydrogen-bond acceptors (Lipinski definition) is 6. The number of hydrogen-bond donors (Lipinski definition) is 2. The minimum absolute atomic E-state index is 0.409. The zero-order chi connectivity index (χ0) is 20.6. The number of aliphatic imine (C=N–C) groups is 1. The molecule has 0 radical (unpaired) electrons. The summed E-state index contributed by atoms with van der Waals surface area (Å²) in [7, 11) is 5.19. The van der Waals surface area contributed by atoms with Crippen molar-refractivity contribution in [3.63, 3.8) is 0 Å². The van der Waals surface area contributed by atoms with Crippen molar-refractivity contribution in [1.29, 1.82) is 0 Å². The molecular formula is C21H31N5O2S. The van der Waals surface area contributed by atoms with Crippen molar-refractivity contribution >= 4 is 23.0 Å². The highest BCUT2D eigenvalue weighted by atomic mass is 32.1. The van der Waals surface area contributed by atoms with E-state index in [0.29, 0.717) is 6.04 Å². The fourth-order valence-electron chi connectivity index (χ4n) is 3.45. The number of piperidine rings is 1. The molecule has 0 unspecified atom stereocenters. The third-order valence-corrected chi connectivity index (χ3v) is 6.03. The summed E-state index contributed by atoms with van der Waals surface area (Å²) < 4.78 is 10.8. The van der Waals surface area contributed by atoms with Crippen molar-refractivity contribution in [3.05, 3.63) is 34.3 Å². The molecule has 1 aromatic carbocycles. The van der Waals surface area contributed by atoms with Gasteiger partial charge in [0.25, 0.3) is 0 Å². The van der Waals surface area contributed by atoms with Crippen LogP contribution in [0.1, 0.15) is 22.7 Å². The Morgan fingerprint density at radius 3 is 2.45 bits per heavy atom. The minimum Gasteiger partial charge on any atom is -0.497 e. The molecule has 7 nitrogen and oxygen atoms in total. The van der Waals surface area contributed by atoms with E-state index in [-0.39, 0.29) is 0 Å². The van der Waals surface area contributed by atoms with Crippen LogP contribution in [0.2, 0.25) is 0 Å². The van der Waals surface area contributed by atoms with Gasteiger partial charge in [0, 0.05) is 74.1 Å². The first kappa shape index (κ1) is 21.2. The van der Waals surface area contributed by atoms with Gasteiger partial charge in [0.15, 0.2) is 5.96 Å². The van der Waals surface area contributed by atoms with Crippen molar-refractivity contribution in [2.75, 3.05) is 45.8 Å². The lowest BCUT2D eigenvalue weighted by Gasteiger charge is -2.34. The first-order chi connectivity index (χ1) is 14.1. The molecule has 0 bridgehead atoms. The quantitative estimate of drug-likeness (QED) is 0.533. The van der Waals surface area contributed by atoms with E-state index < -0.39 is 0 Å². The summed E-state index contributed by atoms with van der Waals surface area (Å²) in [6.07, 6.45) is 4.94. The molecule has 1 saturated heterocycles. The van der Waals surface area contributed by atoms with E-state index in [0.717, 1.165) is 67.1 Å². The Kier molecular flexibility index (Phi) is 7.57. The lowest BCUT2D eigenvalue weighted by atomic mass is 10.0. The topological polar surface area (TPSA) is 71.0 Å². The molecule has 2 N–H and O–H groups in total. The maximum absolute atomic E-state index is 5.40.